The molecule has 4 nitrogen and oxygen atoms in total. The highest BCUT2D eigenvalue weighted by atomic mass is 32.2. The predicted octanol–water partition coefficient (Wildman–Crippen LogP) is 3.68. The second kappa shape index (κ2) is 6.04. The zero-order valence-electron chi connectivity index (χ0n) is 11.8. The molecule has 0 saturated heterocycles. The van der Waals surface area contributed by atoms with E-state index in [1.165, 1.54) is 31.2 Å². The van der Waals surface area contributed by atoms with E-state index in [9.17, 15) is 26.4 Å². The molecule has 0 heterocycles. The van der Waals surface area contributed by atoms with E-state index in [2.05, 4.69) is 0 Å². The van der Waals surface area contributed by atoms with Crippen molar-refractivity contribution in [1.82, 2.24) is 0 Å². The third-order valence-corrected chi connectivity index (χ3v) is 4.18. The van der Waals surface area contributed by atoms with E-state index >= 15 is 0 Å². The largest absolute Gasteiger partial charge is 0.416 e. The van der Waals surface area contributed by atoms with Gasteiger partial charge in [-0.2, -0.15) is 21.6 Å². The summed E-state index contributed by atoms with van der Waals surface area (Å²) in [6.07, 6.45) is -4.56. The van der Waals surface area contributed by atoms with Crippen LogP contribution in [0.3, 0.4) is 0 Å². The quantitative estimate of drug-likeness (QED) is 0.627. The first-order valence-corrected chi connectivity index (χ1v) is 7.73. The van der Waals surface area contributed by atoms with Crippen molar-refractivity contribution >= 4 is 15.9 Å². The fraction of sp³-hybridized carbons (Fsp3) is 0.133. The van der Waals surface area contributed by atoms with E-state index in [0.717, 1.165) is 12.1 Å². The van der Waals surface area contributed by atoms with Crippen molar-refractivity contribution in [3.05, 3.63) is 59.7 Å². The number of ketones is 1. The van der Waals surface area contributed by atoms with Crippen LogP contribution in [-0.2, 0) is 16.3 Å². The first-order valence-electron chi connectivity index (χ1n) is 6.32. The van der Waals surface area contributed by atoms with Crippen LogP contribution in [0.4, 0.5) is 13.2 Å². The number of carbonyl (C=O) groups is 1. The first kappa shape index (κ1) is 17.0. The molecule has 0 aliphatic heterocycles. The Bertz CT molecular complexity index is 825. The number of Topliss-reactive ketones (excluding diaryl/α,β-unsaturated/α-hetero) is 1. The molecule has 23 heavy (non-hydrogen) atoms. The van der Waals surface area contributed by atoms with Crippen LogP contribution in [0.1, 0.15) is 22.8 Å². The molecule has 0 fully saturated rings. The van der Waals surface area contributed by atoms with Crippen molar-refractivity contribution in [2.24, 2.45) is 0 Å². The Morgan fingerprint density at radius 2 is 1.65 bits per heavy atom. The number of halogens is 3. The first-order chi connectivity index (χ1) is 10.6. The van der Waals surface area contributed by atoms with Crippen LogP contribution in [0, 0.1) is 0 Å². The van der Waals surface area contributed by atoms with Gasteiger partial charge in [0.15, 0.2) is 5.78 Å². The lowest BCUT2D eigenvalue weighted by Gasteiger charge is -2.10. The van der Waals surface area contributed by atoms with Crippen molar-refractivity contribution in [3.63, 3.8) is 0 Å². The molecule has 0 unspecified atom stereocenters. The molecule has 0 atom stereocenters. The summed E-state index contributed by atoms with van der Waals surface area (Å²) in [6, 6.07) is 8.43. The maximum atomic E-state index is 12.5. The number of alkyl halides is 3. The Balaban J connectivity index is 2.29. The molecule has 0 N–H and O–H groups in total. The smallest absolute Gasteiger partial charge is 0.379 e. The Kier molecular flexibility index (Phi) is 4.46. The normalized spacial score (nSPS) is 12.0. The van der Waals surface area contributed by atoms with Gasteiger partial charge in [0.05, 0.1) is 5.56 Å². The summed E-state index contributed by atoms with van der Waals surface area (Å²) < 4.78 is 66.4. The van der Waals surface area contributed by atoms with E-state index in [1.807, 2.05) is 0 Å². The summed E-state index contributed by atoms with van der Waals surface area (Å²) >= 11 is 0. The number of rotatable bonds is 4. The topological polar surface area (TPSA) is 60.4 Å². The Morgan fingerprint density at radius 1 is 1.04 bits per heavy atom. The van der Waals surface area contributed by atoms with Crippen molar-refractivity contribution in [3.8, 4) is 5.75 Å². The van der Waals surface area contributed by atoms with Gasteiger partial charge in [0.2, 0.25) is 0 Å². The summed E-state index contributed by atoms with van der Waals surface area (Å²) in [5, 5.41) is 0. The highest BCUT2D eigenvalue weighted by Gasteiger charge is 2.30. The van der Waals surface area contributed by atoms with Crippen molar-refractivity contribution in [1.29, 1.82) is 0 Å². The summed E-state index contributed by atoms with van der Waals surface area (Å²) in [6.45, 7) is 1.31. The maximum Gasteiger partial charge on any atom is 0.416 e. The van der Waals surface area contributed by atoms with E-state index < -0.39 is 26.8 Å². The standard InChI is InChI=1S/C15H11F3O4S/c1-10(19)11-3-2-4-13(9-11)22-23(20,21)14-7-5-12(6-8-14)15(16,17)18/h2-9H,1H3. The van der Waals surface area contributed by atoms with Gasteiger partial charge in [-0.15, -0.1) is 0 Å². The average molecular weight is 344 g/mol. The van der Waals surface area contributed by atoms with Crippen molar-refractivity contribution in [2.45, 2.75) is 18.0 Å². The zero-order chi connectivity index (χ0) is 17.3. The SMILES string of the molecule is CC(=O)c1cccc(OS(=O)(=O)c2ccc(C(F)(F)F)cc2)c1. The molecule has 0 amide bonds. The molecule has 0 bridgehead atoms. The highest BCUT2D eigenvalue weighted by molar-refractivity contribution is 7.87. The molecule has 0 aliphatic carbocycles. The van der Waals surface area contributed by atoms with Crippen LogP contribution in [0.2, 0.25) is 0 Å². The fourth-order valence-corrected chi connectivity index (χ4v) is 2.67. The third kappa shape index (κ3) is 4.10. The van der Waals surface area contributed by atoms with Gasteiger partial charge < -0.3 is 4.18 Å². The number of hydrogen-bond donors (Lipinski definition) is 0. The van der Waals surface area contributed by atoms with Crippen LogP contribution in [0.25, 0.3) is 0 Å². The summed E-state index contributed by atoms with van der Waals surface area (Å²) in [5.41, 5.74) is -0.708. The van der Waals surface area contributed by atoms with Gasteiger partial charge in [-0.1, -0.05) is 12.1 Å². The molecule has 0 radical (unpaired) electrons. The van der Waals surface area contributed by atoms with E-state index in [-0.39, 0.29) is 17.1 Å². The Hall–Kier alpha value is -2.35. The number of hydrogen-bond acceptors (Lipinski definition) is 4. The van der Waals surface area contributed by atoms with E-state index in [0.29, 0.717) is 12.1 Å². The van der Waals surface area contributed by atoms with Gasteiger partial charge in [-0.25, -0.2) is 0 Å². The van der Waals surface area contributed by atoms with Crippen LogP contribution < -0.4 is 4.18 Å². The highest BCUT2D eigenvalue weighted by Crippen LogP contribution is 2.30. The molecule has 2 rings (SSSR count). The molecule has 0 saturated carbocycles. The number of carbonyl (C=O) groups excluding carboxylic acids is 1. The zero-order valence-corrected chi connectivity index (χ0v) is 12.6. The molecule has 0 aliphatic rings. The van der Waals surface area contributed by atoms with Gasteiger partial charge in [0.1, 0.15) is 10.6 Å². The second-order valence-corrected chi connectivity index (χ2v) is 6.19. The second-order valence-electron chi connectivity index (χ2n) is 4.64. The molecule has 2 aromatic carbocycles. The summed E-state index contributed by atoms with van der Waals surface area (Å²) in [7, 11) is -4.30. The van der Waals surface area contributed by atoms with E-state index in [1.54, 1.807) is 0 Å². The summed E-state index contributed by atoms with van der Waals surface area (Å²) in [4.78, 5) is 10.8. The lowest BCUT2D eigenvalue weighted by Crippen LogP contribution is -2.11. The minimum absolute atomic E-state index is 0.0994. The van der Waals surface area contributed by atoms with Gasteiger partial charge in [0.25, 0.3) is 0 Å². The van der Waals surface area contributed by atoms with Gasteiger partial charge >= 0.3 is 16.3 Å². The van der Waals surface area contributed by atoms with E-state index in [4.69, 9.17) is 4.18 Å². The lowest BCUT2D eigenvalue weighted by atomic mass is 10.1. The van der Waals surface area contributed by atoms with Crippen molar-refractivity contribution in [2.75, 3.05) is 0 Å². The molecule has 0 aromatic heterocycles. The summed E-state index contributed by atoms with van der Waals surface area (Å²) in [5.74, 6) is -0.375. The lowest BCUT2D eigenvalue weighted by molar-refractivity contribution is -0.137. The van der Waals surface area contributed by atoms with Gasteiger partial charge in [-0.05, 0) is 43.3 Å². The third-order valence-electron chi connectivity index (χ3n) is 2.92. The van der Waals surface area contributed by atoms with Crippen LogP contribution in [-0.4, -0.2) is 14.2 Å². The van der Waals surface area contributed by atoms with Gasteiger partial charge in [-0.3, -0.25) is 4.79 Å². The monoisotopic (exact) mass is 344 g/mol. The maximum absolute atomic E-state index is 12.5. The molecule has 122 valence electrons. The van der Waals surface area contributed by atoms with Crippen LogP contribution >= 0.6 is 0 Å². The molecule has 2 aromatic rings. The van der Waals surface area contributed by atoms with Crippen LogP contribution in [0.5, 0.6) is 5.75 Å². The molecular formula is C15H11F3O4S. The Morgan fingerprint density at radius 3 is 2.17 bits per heavy atom. The predicted molar refractivity (Wildman–Crippen MR) is 75.7 cm³/mol. The average Bonchev–Trinajstić information content (AvgIpc) is 2.46. The molecule has 0 spiro atoms. The molecular weight excluding hydrogens is 333 g/mol. The molecule has 8 heteroatoms. The van der Waals surface area contributed by atoms with Gasteiger partial charge in [0, 0.05) is 5.56 Å². The Labute approximate surface area is 130 Å². The minimum atomic E-state index is -4.56. The van der Waals surface area contributed by atoms with Crippen LogP contribution in [0.15, 0.2) is 53.4 Å². The number of benzene rings is 2. The van der Waals surface area contributed by atoms with Crippen molar-refractivity contribution < 1.29 is 30.6 Å². The minimum Gasteiger partial charge on any atom is -0.379 e. The fourth-order valence-electron chi connectivity index (χ4n) is 1.75.